The standard InChI is InChI=1S/C23H16F3NO5/c24-23(25,26)20-6-5-14(31-20)11-27-17-4-2-1-3-15(17)22(32-21(27)28)12-30-19-10-18-13(7-8-29-18)9-16(19)22/h1-6,9-10H,7-8,11-12H2. The number of rotatable bonds is 2. The van der Waals surface area contributed by atoms with Gasteiger partial charge in [-0.15, -0.1) is 0 Å². The molecular weight excluding hydrogens is 427 g/mol. The summed E-state index contributed by atoms with van der Waals surface area (Å²) >= 11 is 0. The topological polar surface area (TPSA) is 61.1 Å². The minimum Gasteiger partial charge on any atom is -0.493 e. The quantitative estimate of drug-likeness (QED) is 0.556. The van der Waals surface area contributed by atoms with Crippen LogP contribution in [0.4, 0.5) is 23.7 Å². The van der Waals surface area contributed by atoms with Crippen molar-refractivity contribution in [1.29, 1.82) is 0 Å². The third-order valence-corrected chi connectivity index (χ3v) is 6.02. The number of anilines is 1. The van der Waals surface area contributed by atoms with Crippen LogP contribution in [0.25, 0.3) is 0 Å². The zero-order chi connectivity index (χ0) is 22.1. The second-order valence-electron chi connectivity index (χ2n) is 7.91. The van der Waals surface area contributed by atoms with Crippen molar-refractivity contribution in [1.82, 2.24) is 0 Å². The van der Waals surface area contributed by atoms with Gasteiger partial charge in [-0.1, -0.05) is 18.2 Å². The van der Waals surface area contributed by atoms with Crippen molar-refractivity contribution < 1.29 is 36.6 Å². The van der Waals surface area contributed by atoms with Crippen LogP contribution in [0.3, 0.4) is 0 Å². The Labute approximate surface area is 180 Å². The second-order valence-corrected chi connectivity index (χ2v) is 7.91. The highest BCUT2D eigenvalue weighted by Gasteiger charge is 2.52. The van der Waals surface area contributed by atoms with Gasteiger partial charge in [0.2, 0.25) is 11.4 Å². The maximum absolute atomic E-state index is 13.1. The smallest absolute Gasteiger partial charge is 0.449 e. The predicted octanol–water partition coefficient (Wildman–Crippen LogP) is 5.03. The first-order valence-corrected chi connectivity index (χ1v) is 10.0. The van der Waals surface area contributed by atoms with Gasteiger partial charge in [-0.2, -0.15) is 13.2 Å². The van der Waals surface area contributed by atoms with Crippen molar-refractivity contribution in [3.8, 4) is 11.5 Å². The van der Waals surface area contributed by atoms with Gasteiger partial charge in [0, 0.05) is 23.6 Å². The summed E-state index contributed by atoms with van der Waals surface area (Å²) in [4.78, 5) is 14.4. The summed E-state index contributed by atoms with van der Waals surface area (Å²) in [6.07, 6.45) is -4.54. The molecule has 0 saturated carbocycles. The Morgan fingerprint density at radius 3 is 2.66 bits per heavy atom. The summed E-state index contributed by atoms with van der Waals surface area (Å²) in [5.74, 6) is 0.230. The number of alkyl halides is 3. The van der Waals surface area contributed by atoms with Crippen LogP contribution in [-0.4, -0.2) is 19.3 Å². The Balaban J connectivity index is 1.42. The average molecular weight is 443 g/mol. The monoisotopic (exact) mass is 443 g/mol. The number of hydrogen-bond acceptors (Lipinski definition) is 5. The van der Waals surface area contributed by atoms with Crippen LogP contribution < -0.4 is 14.4 Å². The minimum atomic E-state index is -4.60. The average Bonchev–Trinajstić information content (AvgIpc) is 3.49. The van der Waals surface area contributed by atoms with E-state index in [4.69, 9.17) is 18.6 Å². The van der Waals surface area contributed by atoms with E-state index in [-0.39, 0.29) is 18.9 Å². The van der Waals surface area contributed by atoms with Crippen LogP contribution in [0.2, 0.25) is 0 Å². The molecule has 6 nitrogen and oxygen atoms in total. The lowest BCUT2D eigenvalue weighted by Gasteiger charge is -2.39. The van der Waals surface area contributed by atoms with E-state index in [1.807, 2.05) is 24.3 Å². The SMILES string of the molecule is O=C1OC2(COc3cc4c(cc32)CCO4)c2ccccc2N1Cc1ccc(C(F)(F)F)o1. The number of benzene rings is 2. The van der Waals surface area contributed by atoms with Gasteiger partial charge in [0.15, 0.2) is 0 Å². The Bertz CT molecular complexity index is 1250. The van der Waals surface area contributed by atoms with Crippen molar-refractivity contribution in [3.05, 3.63) is 76.7 Å². The van der Waals surface area contributed by atoms with E-state index < -0.39 is 23.6 Å². The molecule has 32 heavy (non-hydrogen) atoms. The number of ether oxygens (including phenoxy) is 3. The molecule has 0 aliphatic carbocycles. The first-order chi connectivity index (χ1) is 15.3. The number of nitrogens with zero attached hydrogens (tertiary/aromatic N) is 1. The molecule has 1 amide bonds. The van der Waals surface area contributed by atoms with Crippen LogP contribution in [0, 0.1) is 0 Å². The molecule has 164 valence electrons. The van der Waals surface area contributed by atoms with Crippen molar-refractivity contribution in [2.45, 2.75) is 24.7 Å². The molecule has 4 heterocycles. The zero-order valence-corrected chi connectivity index (χ0v) is 16.6. The lowest BCUT2D eigenvalue weighted by molar-refractivity contribution is -0.153. The van der Waals surface area contributed by atoms with E-state index in [2.05, 4.69) is 0 Å². The summed E-state index contributed by atoms with van der Waals surface area (Å²) in [7, 11) is 0. The Morgan fingerprint density at radius 1 is 1.00 bits per heavy atom. The van der Waals surface area contributed by atoms with Gasteiger partial charge in [-0.05, 0) is 29.8 Å². The number of amides is 1. The molecule has 1 aromatic heterocycles. The molecule has 0 bridgehead atoms. The molecule has 1 atom stereocenters. The van der Waals surface area contributed by atoms with E-state index in [9.17, 15) is 18.0 Å². The predicted molar refractivity (Wildman–Crippen MR) is 105 cm³/mol. The zero-order valence-electron chi connectivity index (χ0n) is 16.6. The molecule has 0 radical (unpaired) electrons. The van der Waals surface area contributed by atoms with Gasteiger partial charge < -0.3 is 18.6 Å². The normalized spacial score (nSPS) is 21.0. The molecule has 0 saturated heterocycles. The van der Waals surface area contributed by atoms with Crippen molar-refractivity contribution in [2.24, 2.45) is 0 Å². The van der Waals surface area contributed by atoms with E-state index in [0.29, 0.717) is 23.6 Å². The summed E-state index contributed by atoms with van der Waals surface area (Å²) in [6.45, 7) is 0.479. The molecule has 6 rings (SSSR count). The molecular formula is C23H16F3NO5. The highest BCUT2D eigenvalue weighted by atomic mass is 19.4. The summed E-state index contributed by atoms with van der Waals surface area (Å²) in [6, 6.07) is 13.0. The van der Waals surface area contributed by atoms with Gasteiger partial charge in [0.1, 0.15) is 23.9 Å². The highest BCUT2D eigenvalue weighted by molar-refractivity contribution is 5.92. The van der Waals surface area contributed by atoms with Crippen molar-refractivity contribution >= 4 is 11.8 Å². The first-order valence-electron chi connectivity index (χ1n) is 10.0. The maximum Gasteiger partial charge on any atom is 0.449 e. The molecule has 1 spiro atoms. The number of hydrogen-bond donors (Lipinski definition) is 0. The maximum atomic E-state index is 13.1. The number of furan rings is 1. The van der Waals surface area contributed by atoms with Gasteiger partial charge in [0.05, 0.1) is 18.8 Å². The fourth-order valence-corrected chi connectivity index (χ4v) is 4.53. The molecule has 3 aromatic rings. The van der Waals surface area contributed by atoms with E-state index in [0.717, 1.165) is 29.4 Å². The van der Waals surface area contributed by atoms with Crippen LogP contribution >= 0.6 is 0 Å². The minimum absolute atomic E-state index is 0.00179. The van der Waals surface area contributed by atoms with Crippen LogP contribution in [0.5, 0.6) is 11.5 Å². The third kappa shape index (κ3) is 2.70. The lowest BCUT2D eigenvalue weighted by Crippen LogP contribution is -2.47. The molecule has 0 N–H and O–H groups in total. The molecule has 9 heteroatoms. The van der Waals surface area contributed by atoms with Gasteiger partial charge in [0.25, 0.3) is 0 Å². The first kappa shape index (κ1) is 19.1. The van der Waals surface area contributed by atoms with E-state index >= 15 is 0 Å². The number of carbonyl (C=O) groups excluding carboxylic acids is 1. The Hall–Kier alpha value is -3.62. The largest absolute Gasteiger partial charge is 0.493 e. The summed E-state index contributed by atoms with van der Waals surface area (Å²) in [5.41, 5.74) is 1.83. The van der Waals surface area contributed by atoms with E-state index in [1.165, 1.54) is 11.0 Å². The van der Waals surface area contributed by atoms with Gasteiger partial charge in [-0.25, -0.2) is 4.79 Å². The number of para-hydroxylation sites is 1. The number of carbonyl (C=O) groups is 1. The third-order valence-electron chi connectivity index (χ3n) is 6.02. The highest BCUT2D eigenvalue weighted by Crippen LogP contribution is 2.52. The van der Waals surface area contributed by atoms with Crippen molar-refractivity contribution in [2.75, 3.05) is 18.1 Å². The van der Waals surface area contributed by atoms with Crippen LogP contribution in [0.1, 0.15) is 28.2 Å². The fourth-order valence-electron chi connectivity index (χ4n) is 4.53. The van der Waals surface area contributed by atoms with Crippen LogP contribution in [0.15, 0.2) is 52.9 Å². The summed E-state index contributed by atoms with van der Waals surface area (Å²) in [5, 5.41) is 0. The summed E-state index contributed by atoms with van der Waals surface area (Å²) < 4.78 is 61.1. The van der Waals surface area contributed by atoms with Gasteiger partial charge in [-0.3, -0.25) is 4.90 Å². The molecule has 3 aliphatic heterocycles. The van der Waals surface area contributed by atoms with Gasteiger partial charge >= 0.3 is 12.3 Å². The molecule has 1 unspecified atom stereocenters. The van der Waals surface area contributed by atoms with Crippen LogP contribution in [-0.2, 0) is 29.5 Å². The Morgan fingerprint density at radius 2 is 1.84 bits per heavy atom. The Kier molecular flexibility index (Phi) is 3.84. The fraction of sp³-hybridized carbons (Fsp3) is 0.261. The molecule has 3 aliphatic rings. The molecule has 2 aromatic carbocycles. The molecule has 0 fully saturated rings. The van der Waals surface area contributed by atoms with Crippen molar-refractivity contribution in [3.63, 3.8) is 0 Å². The van der Waals surface area contributed by atoms with E-state index in [1.54, 1.807) is 12.1 Å². The lowest BCUT2D eigenvalue weighted by atomic mass is 9.84. The second kappa shape index (κ2) is 6.44. The number of fused-ring (bicyclic) bond motifs is 5. The number of halogens is 3.